The van der Waals surface area contributed by atoms with Crippen molar-refractivity contribution < 1.29 is 27.4 Å². The van der Waals surface area contributed by atoms with Crippen LogP contribution in [0.3, 0.4) is 0 Å². The molecule has 0 amide bonds. The van der Waals surface area contributed by atoms with E-state index in [1.54, 1.807) is 12.1 Å². The van der Waals surface area contributed by atoms with Gasteiger partial charge in [0.1, 0.15) is 18.0 Å². The molecule has 3 rings (SSSR count). The maximum atomic E-state index is 14.3. The van der Waals surface area contributed by atoms with Gasteiger partial charge in [-0.2, -0.15) is 8.78 Å². The number of aliphatic imine (C=N–C) groups is 1. The molecule has 3 nitrogen and oxygen atoms in total. The summed E-state index contributed by atoms with van der Waals surface area (Å²) in [7, 11) is 0. The molecule has 1 unspecified atom stereocenters. The molecule has 31 heavy (non-hydrogen) atoms. The summed E-state index contributed by atoms with van der Waals surface area (Å²) >= 11 is 0. The number of nitrogens with zero attached hydrogens (tertiary/aromatic N) is 1. The average molecular weight is 429 g/mol. The second kappa shape index (κ2) is 9.47. The topological polar surface area (TPSA) is 41.8 Å². The van der Waals surface area contributed by atoms with Gasteiger partial charge in [0.05, 0.1) is 0 Å². The normalized spacial score (nSPS) is 12.2. The molecule has 3 aromatic carbocycles. The van der Waals surface area contributed by atoms with E-state index in [-0.39, 0.29) is 23.8 Å². The van der Waals surface area contributed by atoms with Gasteiger partial charge in [0, 0.05) is 23.3 Å². The van der Waals surface area contributed by atoms with Crippen LogP contribution in [0.25, 0.3) is 0 Å². The molecule has 1 atom stereocenters. The summed E-state index contributed by atoms with van der Waals surface area (Å²) in [6, 6.07) is 14.2. The number of rotatable bonds is 7. The van der Waals surface area contributed by atoms with Gasteiger partial charge in [0.15, 0.2) is 17.4 Å². The fraction of sp³-hybridized carbons (Fsp3) is 0.125. The highest BCUT2D eigenvalue weighted by molar-refractivity contribution is 5.86. The van der Waals surface area contributed by atoms with Gasteiger partial charge in [0.2, 0.25) is 11.6 Å². The van der Waals surface area contributed by atoms with Gasteiger partial charge in [-0.15, -0.1) is 0 Å². The zero-order valence-electron chi connectivity index (χ0n) is 16.6. The molecular formula is C24H19F4NO2. The number of aromatic hydroxyl groups is 1. The highest BCUT2D eigenvalue weighted by Crippen LogP contribution is 2.36. The van der Waals surface area contributed by atoms with E-state index < -0.39 is 34.7 Å². The third kappa shape index (κ3) is 4.45. The van der Waals surface area contributed by atoms with Crippen LogP contribution in [0.2, 0.25) is 0 Å². The zero-order chi connectivity index (χ0) is 22.5. The Hall–Kier alpha value is -3.61. The minimum Gasteiger partial charge on any atom is -0.507 e. The van der Waals surface area contributed by atoms with Gasteiger partial charge in [-0.05, 0) is 11.6 Å². The summed E-state index contributed by atoms with van der Waals surface area (Å²) in [6.07, 6.45) is 2.12. The summed E-state index contributed by atoms with van der Waals surface area (Å²) < 4.78 is 61.5. The molecular weight excluding hydrogens is 410 g/mol. The third-order valence-corrected chi connectivity index (χ3v) is 4.74. The minimum absolute atomic E-state index is 0.131. The van der Waals surface area contributed by atoms with Crippen molar-refractivity contribution in [2.24, 2.45) is 4.99 Å². The van der Waals surface area contributed by atoms with Crippen molar-refractivity contribution in [3.63, 3.8) is 0 Å². The molecule has 0 aliphatic carbocycles. The molecule has 7 heteroatoms. The van der Waals surface area contributed by atoms with Crippen molar-refractivity contribution in [3.05, 3.63) is 101 Å². The Bertz CT molecular complexity index is 1100. The van der Waals surface area contributed by atoms with Gasteiger partial charge in [0.25, 0.3) is 0 Å². The van der Waals surface area contributed by atoms with Crippen LogP contribution in [0.5, 0.6) is 11.5 Å². The lowest BCUT2D eigenvalue weighted by Crippen LogP contribution is -2.04. The largest absolute Gasteiger partial charge is 0.507 e. The number of hydrogen-bond donors (Lipinski definition) is 1. The Morgan fingerprint density at radius 1 is 0.968 bits per heavy atom. The standard InChI is InChI=1S/C24H19F4NO2/c1-3-12-31-24-20(27)18(25)22(19(26)21(24)28)29-13-16-10-7-11-17(23(16)30)14(2)15-8-5-4-6-9-15/h3-11,13-14,30H,1,12H2,2H3. The number of phenolic OH excluding ortho intramolecular Hbond substituents is 1. The van der Waals surface area contributed by atoms with E-state index in [2.05, 4.69) is 16.3 Å². The number of halogens is 4. The molecule has 0 aliphatic heterocycles. The molecule has 0 saturated heterocycles. The highest BCUT2D eigenvalue weighted by Gasteiger charge is 2.26. The Morgan fingerprint density at radius 2 is 1.61 bits per heavy atom. The SMILES string of the molecule is C=CCOc1c(F)c(F)c(N=Cc2cccc(C(C)c3ccccc3)c2O)c(F)c1F. The lowest BCUT2D eigenvalue weighted by Gasteiger charge is -2.15. The van der Waals surface area contributed by atoms with Crippen LogP contribution in [-0.4, -0.2) is 17.9 Å². The van der Waals surface area contributed by atoms with Gasteiger partial charge in [-0.25, -0.2) is 13.8 Å². The second-order valence-electron chi connectivity index (χ2n) is 6.71. The van der Waals surface area contributed by atoms with E-state index in [1.165, 1.54) is 12.1 Å². The minimum atomic E-state index is -1.71. The number of para-hydroxylation sites is 1. The Balaban J connectivity index is 1.99. The fourth-order valence-electron chi connectivity index (χ4n) is 3.07. The van der Waals surface area contributed by atoms with Crippen LogP contribution < -0.4 is 4.74 Å². The smallest absolute Gasteiger partial charge is 0.206 e. The first kappa shape index (κ1) is 22.1. The van der Waals surface area contributed by atoms with Gasteiger partial charge in [-0.3, -0.25) is 0 Å². The zero-order valence-corrected chi connectivity index (χ0v) is 16.6. The van der Waals surface area contributed by atoms with E-state index in [0.717, 1.165) is 11.8 Å². The van der Waals surface area contributed by atoms with E-state index in [1.807, 2.05) is 37.3 Å². The molecule has 3 aromatic rings. The van der Waals surface area contributed by atoms with Crippen LogP contribution in [0.1, 0.15) is 29.5 Å². The van der Waals surface area contributed by atoms with E-state index in [0.29, 0.717) is 5.56 Å². The maximum absolute atomic E-state index is 14.3. The summed E-state index contributed by atoms with van der Waals surface area (Å²) in [6.45, 7) is 4.85. The Kier molecular flexibility index (Phi) is 6.74. The first-order valence-electron chi connectivity index (χ1n) is 9.37. The molecule has 0 fully saturated rings. The molecule has 1 N–H and O–H groups in total. The quantitative estimate of drug-likeness (QED) is 0.204. The molecule has 0 bridgehead atoms. The number of benzene rings is 3. The van der Waals surface area contributed by atoms with E-state index in [9.17, 15) is 22.7 Å². The summed E-state index contributed by atoms with van der Waals surface area (Å²) in [4.78, 5) is 3.56. The summed E-state index contributed by atoms with van der Waals surface area (Å²) in [5.74, 6) is -8.35. The van der Waals surface area contributed by atoms with Crippen LogP contribution >= 0.6 is 0 Å². The van der Waals surface area contributed by atoms with Gasteiger partial charge >= 0.3 is 0 Å². The number of hydrogen-bond acceptors (Lipinski definition) is 3. The molecule has 0 radical (unpaired) electrons. The third-order valence-electron chi connectivity index (χ3n) is 4.74. The molecule has 160 valence electrons. The maximum Gasteiger partial charge on any atom is 0.206 e. The monoisotopic (exact) mass is 429 g/mol. The van der Waals surface area contributed by atoms with Gasteiger partial charge < -0.3 is 9.84 Å². The summed E-state index contributed by atoms with van der Waals surface area (Å²) in [5, 5.41) is 10.6. The van der Waals surface area contributed by atoms with Crippen LogP contribution in [0.15, 0.2) is 66.2 Å². The summed E-state index contributed by atoms with van der Waals surface area (Å²) in [5.41, 5.74) is 0.471. The average Bonchev–Trinajstić information content (AvgIpc) is 2.79. The van der Waals surface area contributed by atoms with Crippen LogP contribution in [0.4, 0.5) is 23.2 Å². The lowest BCUT2D eigenvalue weighted by atomic mass is 9.91. The van der Waals surface area contributed by atoms with Crippen molar-refractivity contribution >= 4 is 11.9 Å². The van der Waals surface area contributed by atoms with Crippen LogP contribution in [-0.2, 0) is 0 Å². The van der Waals surface area contributed by atoms with Crippen molar-refractivity contribution in [1.29, 1.82) is 0 Å². The van der Waals surface area contributed by atoms with Crippen molar-refractivity contribution in [1.82, 2.24) is 0 Å². The molecule has 0 spiro atoms. The Morgan fingerprint density at radius 3 is 2.23 bits per heavy atom. The molecule has 0 saturated carbocycles. The highest BCUT2D eigenvalue weighted by atomic mass is 19.2. The van der Waals surface area contributed by atoms with Gasteiger partial charge in [-0.1, -0.05) is 62.0 Å². The molecule has 0 heterocycles. The molecule has 0 aliphatic rings. The number of phenols is 1. The first-order chi connectivity index (χ1) is 14.9. The fourth-order valence-corrected chi connectivity index (χ4v) is 3.07. The van der Waals surface area contributed by atoms with Crippen molar-refractivity contribution in [3.8, 4) is 11.5 Å². The Labute approximate surface area is 177 Å². The lowest BCUT2D eigenvalue weighted by molar-refractivity contribution is 0.303. The predicted molar refractivity (Wildman–Crippen MR) is 111 cm³/mol. The predicted octanol–water partition coefficient (Wildman–Crippen LogP) is 6.42. The first-order valence-corrected chi connectivity index (χ1v) is 9.37. The van der Waals surface area contributed by atoms with E-state index in [4.69, 9.17) is 0 Å². The van der Waals surface area contributed by atoms with E-state index >= 15 is 0 Å². The van der Waals surface area contributed by atoms with Crippen molar-refractivity contribution in [2.45, 2.75) is 12.8 Å². The number of ether oxygens (including phenoxy) is 1. The second-order valence-corrected chi connectivity index (χ2v) is 6.71. The van der Waals surface area contributed by atoms with Crippen LogP contribution in [0, 0.1) is 23.3 Å². The van der Waals surface area contributed by atoms with Crippen molar-refractivity contribution in [2.75, 3.05) is 6.61 Å². The molecule has 0 aromatic heterocycles.